The molecule has 2 rings (SSSR count). The lowest BCUT2D eigenvalue weighted by atomic mass is 9.87. The first-order valence-electron chi connectivity index (χ1n) is 7.03. The van der Waals surface area contributed by atoms with Crippen LogP contribution < -0.4 is 10.5 Å². The second-order valence-corrected chi connectivity index (χ2v) is 6.88. The fourth-order valence-corrected chi connectivity index (χ4v) is 2.59. The van der Waals surface area contributed by atoms with E-state index in [2.05, 4.69) is 20.8 Å². The average molecular weight is 304 g/mol. The normalized spacial score (nSPS) is 11.5. The van der Waals surface area contributed by atoms with Gasteiger partial charge in [-0.25, -0.2) is 0 Å². The monoisotopic (exact) mass is 303 g/mol. The second kappa shape index (κ2) is 5.61. The van der Waals surface area contributed by atoms with E-state index >= 15 is 0 Å². The molecular formula is C18H22ClNO. The van der Waals surface area contributed by atoms with Crippen LogP contribution in [-0.4, -0.2) is 0 Å². The molecule has 0 fully saturated rings. The molecule has 0 heterocycles. The number of aryl methyl sites for hydroxylation is 2. The molecule has 0 aromatic heterocycles. The molecular weight excluding hydrogens is 282 g/mol. The zero-order valence-corrected chi connectivity index (χ0v) is 14.0. The fraction of sp³-hybridized carbons (Fsp3) is 0.333. The Morgan fingerprint density at radius 2 is 1.67 bits per heavy atom. The Morgan fingerprint density at radius 3 is 2.29 bits per heavy atom. The molecule has 0 saturated heterocycles. The lowest BCUT2D eigenvalue weighted by Gasteiger charge is -2.21. The van der Waals surface area contributed by atoms with Gasteiger partial charge in [-0.3, -0.25) is 0 Å². The molecule has 112 valence electrons. The van der Waals surface area contributed by atoms with Gasteiger partial charge in [0.25, 0.3) is 0 Å². The van der Waals surface area contributed by atoms with Gasteiger partial charge in [-0.2, -0.15) is 0 Å². The number of halogens is 1. The van der Waals surface area contributed by atoms with Crippen LogP contribution in [0.15, 0.2) is 30.3 Å². The van der Waals surface area contributed by atoms with Crippen molar-refractivity contribution in [3.63, 3.8) is 0 Å². The Labute approximate surface area is 131 Å². The summed E-state index contributed by atoms with van der Waals surface area (Å²) in [5.41, 5.74) is 9.78. The second-order valence-electron chi connectivity index (χ2n) is 6.47. The molecule has 3 heteroatoms. The van der Waals surface area contributed by atoms with E-state index in [4.69, 9.17) is 22.1 Å². The first-order valence-corrected chi connectivity index (χ1v) is 7.41. The Bertz CT molecular complexity index is 672. The molecule has 0 radical (unpaired) electrons. The van der Waals surface area contributed by atoms with Gasteiger partial charge in [0, 0.05) is 10.7 Å². The van der Waals surface area contributed by atoms with Crippen molar-refractivity contribution in [2.24, 2.45) is 0 Å². The summed E-state index contributed by atoms with van der Waals surface area (Å²) in [6.45, 7) is 10.4. The van der Waals surface area contributed by atoms with Gasteiger partial charge in [0.15, 0.2) is 0 Å². The Balaban J connectivity index is 2.39. The maximum atomic E-state index is 6.29. The first-order chi connectivity index (χ1) is 9.68. The molecule has 0 bridgehead atoms. The van der Waals surface area contributed by atoms with Gasteiger partial charge in [-0.1, -0.05) is 32.4 Å². The molecule has 21 heavy (non-hydrogen) atoms. The van der Waals surface area contributed by atoms with Crippen LogP contribution in [0.5, 0.6) is 11.5 Å². The minimum absolute atomic E-state index is 0.0253. The van der Waals surface area contributed by atoms with Gasteiger partial charge in [-0.05, 0) is 66.3 Å². The maximum absolute atomic E-state index is 6.29. The predicted molar refractivity (Wildman–Crippen MR) is 90.6 cm³/mol. The SMILES string of the molecule is Cc1cc(Oc2ccc(Cl)c(C(C)(C)C)c2)c(C)cc1N. The lowest BCUT2D eigenvalue weighted by Crippen LogP contribution is -2.11. The highest BCUT2D eigenvalue weighted by Crippen LogP contribution is 2.35. The standard InChI is InChI=1S/C18H22ClNO/c1-11-9-17(12(2)8-16(11)20)21-13-6-7-15(19)14(10-13)18(3,4)5/h6-10H,20H2,1-5H3. The van der Waals surface area contributed by atoms with E-state index in [1.54, 1.807) is 0 Å². The zero-order valence-electron chi connectivity index (χ0n) is 13.3. The number of nitrogen functional groups attached to an aromatic ring is 1. The highest BCUT2D eigenvalue weighted by Gasteiger charge is 2.18. The molecule has 0 aliphatic carbocycles. The molecule has 2 N–H and O–H groups in total. The molecule has 2 nitrogen and oxygen atoms in total. The van der Waals surface area contributed by atoms with Gasteiger partial charge in [-0.15, -0.1) is 0 Å². The Kier molecular flexibility index (Phi) is 4.20. The van der Waals surface area contributed by atoms with Crippen LogP contribution in [0.2, 0.25) is 5.02 Å². The highest BCUT2D eigenvalue weighted by molar-refractivity contribution is 6.31. The first kappa shape index (κ1) is 15.7. The summed E-state index contributed by atoms with van der Waals surface area (Å²) in [6, 6.07) is 9.69. The smallest absolute Gasteiger partial charge is 0.130 e. The van der Waals surface area contributed by atoms with Crippen molar-refractivity contribution in [2.45, 2.75) is 40.0 Å². The van der Waals surface area contributed by atoms with Gasteiger partial charge in [0.2, 0.25) is 0 Å². The topological polar surface area (TPSA) is 35.2 Å². The molecule has 0 amide bonds. The fourth-order valence-electron chi connectivity index (χ4n) is 2.19. The molecule has 0 spiro atoms. The van der Waals surface area contributed by atoms with Crippen molar-refractivity contribution in [1.82, 2.24) is 0 Å². The van der Waals surface area contributed by atoms with Gasteiger partial charge in [0.1, 0.15) is 11.5 Å². The van der Waals surface area contributed by atoms with Crippen molar-refractivity contribution < 1.29 is 4.74 Å². The number of rotatable bonds is 2. The maximum Gasteiger partial charge on any atom is 0.130 e. The third-order valence-corrected chi connectivity index (χ3v) is 3.87. The highest BCUT2D eigenvalue weighted by atomic mass is 35.5. The van der Waals surface area contributed by atoms with E-state index in [1.165, 1.54) is 0 Å². The zero-order chi connectivity index (χ0) is 15.8. The average Bonchev–Trinajstić information content (AvgIpc) is 2.37. The molecule has 0 unspecified atom stereocenters. The largest absolute Gasteiger partial charge is 0.457 e. The van der Waals surface area contributed by atoms with Crippen LogP contribution in [0, 0.1) is 13.8 Å². The minimum atomic E-state index is -0.0253. The van der Waals surface area contributed by atoms with E-state index < -0.39 is 0 Å². The summed E-state index contributed by atoms with van der Waals surface area (Å²) in [5.74, 6) is 1.61. The van der Waals surface area contributed by atoms with Gasteiger partial charge < -0.3 is 10.5 Å². The van der Waals surface area contributed by atoms with Crippen LogP contribution in [0.4, 0.5) is 5.69 Å². The minimum Gasteiger partial charge on any atom is -0.457 e. The number of anilines is 1. The van der Waals surface area contributed by atoms with E-state index in [1.807, 2.05) is 44.2 Å². The van der Waals surface area contributed by atoms with E-state index in [0.717, 1.165) is 38.9 Å². The van der Waals surface area contributed by atoms with E-state index in [9.17, 15) is 0 Å². The van der Waals surface area contributed by atoms with Crippen LogP contribution in [0.25, 0.3) is 0 Å². The van der Waals surface area contributed by atoms with Crippen molar-refractivity contribution in [1.29, 1.82) is 0 Å². The third kappa shape index (κ3) is 3.51. The number of benzene rings is 2. The molecule has 0 aliphatic heterocycles. The number of hydrogen-bond donors (Lipinski definition) is 1. The van der Waals surface area contributed by atoms with E-state index in [0.29, 0.717) is 0 Å². The van der Waals surface area contributed by atoms with Gasteiger partial charge >= 0.3 is 0 Å². The Hall–Kier alpha value is -1.67. The molecule has 0 atom stereocenters. The van der Waals surface area contributed by atoms with Crippen LogP contribution in [0.3, 0.4) is 0 Å². The van der Waals surface area contributed by atoms with Crippen LogP contribution in [0.1, 0.15) is 37.5 Å². The molecule has 2 aromatic carbocycles. The van der Waals surface area contributed by atoms with Crippen molar-refractivity contribution in [3.05, 3.63) is 52.0 Å². The Morgan fingerprint density at radius 1 is 1.00 bits per heavy atom. The summed E-state index contributed by atoms with van der Waals surface area (Å²) < 4.78 is 6.02. The number of hydrogen-bond acceptors (Lipinski definition) is 2. The van der Waals surface area contributed by atoms with Crippen molar-refractivity contribution >= 4 is 17.3 Å². The van der Waals surface area contributed by atoms with Gasteiger partial charge in [0.05, 0.1) is 0 Å². The van der Waals surface area contributed by atoms with E-state index in [-0.39, 0.29) is 5.41 Å². The number of ether oxygens (including phenoxy) is 1. The summed E-state index contributed by atoms with van der Waals surface area (Å²) in [4.78, 5) is 0. The molecule has 2 aromatic rings. The van der Waals surface area contributed by atoms with Crippen molar-refractivity contribution in [2.75, 3.05) is 5.73 Å². The summed E-state index contributed by atoms with van der Waals surface area (Å²) in [6.07, 6.45) is 0. The predicted octanol–water partition coefficient (Wildman–Crippen LogP) is 5.63. The summed E-state index contributed by atoms with van der Waals surface area (Å²) in [5, 5.41) is 0.764. The molecule has 0 saturated carbocycles. The lowest BCUT2D eigenvalue weighted by molar-refractivity contribution is 0.475. The molecule has 0 aliphatic rings. The third-order valence-electron chi connectivity index (χ3n) is 3.54. The van der Waals surface area contributed by atoms with Crippen molar-refractivity contribution in [3.8, 4) is 11.5 Å². The quantitative estimate of drug-likeness (QED) is 0.730. The van der Waals surface area contributed by atoms with Crippen LogP contribution in [-0.2, 0) is 5.41 Å². The summed E-state index contributed by atoms with van der Waals surface area (Å²) in [7, 11) is 0. The number of nitrogens with two attached hydrogens (primary N) is 1. The van der Waals surface area contributed by atoms with Crippen LogP contribution >= 0.6 is 11.6 Å². The summed E-state index contributed by atoms with van der Waals surface area (Å²) >= 11 is 6.29.